The highest BCUT2D eigenvalue weighted by molar-refractivity contribution is 7.85. The lowest BCUT2D eigenvalue weighted by atomic mass is 10.0. The van der Waals surface area contributed by atoms with Gasteiger partial charge in [0.1, 0.15) is 0 Å². The molecule has 0 fully saturated rings. The molecule has 3 nitrogen and oxygen atoms in total. The van der Waals surface area contributed by atoms with Crippen molar-refractivity contribution in [3.05, 3.63) is 34.9 Å². The summed E-state index contributed by atoms with van der Waals surface area (Å²) in [6.45, 7) is -0.323. The number of halogens is 6. The molecule has 1 aromatic carbocycles. The molecule has 0 N–H and O–H groups in total. The van der Waals surface area contributed by atoms with Crippen LogP contribution < -0.4 is 0 Å². The van der Waals surface area contributed by atoms with Crippen LogP contribution in [-0.2, 0) is 33.1 Å². The second-order valence-electron chi connectivity index (χ2n) is 4.54. The van der Waals surface area contributed by atoms with E-state index < -0.39 is 33.6 Å². The molecule has 0 unspecified atom stereocenters. The van der Waals surface area contributed by atoms with Gasteiger partial charge in [0.2, 0.25) is 0 Å². The summed E-state index contributed by atoms with van der Waals surface area (Å²) in [6, 6.07) is 1.25. The number of hydrogen-bond acceptors (Lipinski definition) is 3. The predicted octanol–water partition coefficient (Wildman–Crippen LogP) is 3.63. The second kappa shape index (κ2) is 6.45. The molecule has 0 spiro atoms. The fourth-order valence-corrected chi connectivity index (χ4v) is 2.07. The van der Waals surface area contributed by atoms with Gasteiger partial charge in [-0.25, -0.2) is 0 Å². The molecule has 1 aromatic rings. The fourth-order valence-electron chi connectivity index (χ4n) is 1.65. The lowest BCUT2D eigenvalue weighted by molar-refractivity contribution is -0.143. The standard InChI is InChI=1S/C12H12F6O3S/c1-22(19,20)21-4-2-3-8-5-9(11(13,14)15)7-10(6-8)12(16,17)18/h5-7H,2-4H2,1H3. The van der Waals surface area contributed by atoms with Crippen LogP contribution in [0.2, 0.25) is 0 Å². The molecule has 0 amide bonds. The van der Waals surface area contributed by atoms with Gasteiger partial charge >= 0.3 is 12.4 Å². The van der Waals surface area contributed by atoms with E-state index in [9.17, 15) is 34.8 Å². The van der Waals surface area contributed by atoms with Crippen LogP contribution in [0.5, 0.6) is 0 Å². The van der Waals surface area contributed by atoms with Crippen molar-refractivity contribution in [2.75, 3.05) is 12.9 Å². The van der Waals surface area contributed by atoms with Gasteiger partial charge in [0.25, 0.3) is 10.1 Å². The minimum atomic E-state index is -4.90. The van der Waals surface area contributed by atoms with Gasteiger partial charge in [-0.15, -0.1) is 0 Å². The van der Waals surface area contributed by atoms with E-state index in [2.05, 4.69) is 4.18 Å². The summed E-state index contributed by atoms with van der Waals surface area (Å²) in [5, 5.41) is 0. The van der Waals surface area contributed by atoms with Crippen LogP contribution in [0.1, 0.15) is 23.1 Å². The largest absolute Gasteiger partial charge is 0.416 e. The Morgan fingerprint density at radius 3 is 1.77 bits per heavy atom. The van der Waals surface area contributed by atoms with Crippen LogP contribution in [0.25, 0.3) is 0 Å². The molecule has 0 aromatic heterocycles. The summed E-state index contributed by atoms with van der Waals surface area (Å²) in [5.74, 6) is 0. The van der Waals surface area contributed by atoms with Gasteiger partial charge in [-0.2, -0.15) is 34.8 Å². The summed E-state index contributed by atoms with van der Waals surface area (Å²) < 4.78 is 101. The van der Waals surface area contributed by atoms with Crippen molar-refractivity contribution >= 4 is 10.1 Å². The third-order valence-electron chi connectivity index (χ3n) is 2.55. The molecule has 0 aliphatic heterocycles. The van der Waals surface area contributed by atoms with E-state index in [-0.39, 0.29) is 31.1 Å². The van der Waals surface area contributed by atoms with Crippen molar-refractivity contribution in [2.45, 2.75) is 25.2 Å². The molecular formula is C12H12F6O3S. The summed E-state index contributed by atoms with van der Waals surface area (Å²) in [4.78, 5) is 0. The van der Waals surface area contributed by atoms with E-state index in [1.54, 1.807) is 0 Å². The molecule has 0 bridgehead atoms. The molecule has 22 heavy (non-hydrogen) atoms. The first-order valence-corrected chi connectivity index (χ1v) is 7.73. The topological polar surface area (TPSA) is 43.4 Å². The summed E-state index contributed by atoms with van der Waals surface area (Å²) in [7, 11) is -3.70. The van der Waals surface area contributed by atoms with E-state index >= 15 is 0 Å². The van der Waals surface area contributed by atoms with Gasteiger partial charge in [-0.1, -0.05) is 0 Å². The van der Waals surface area contributed by atoms with Crippen molar-refractivity contribution in [2.24, 2.45) is 0 Å². The number of benzene rings is 1. The minimum Gasteiger partial charge on any atom is -0.270 e. The Bertz CT molecular complexity index is 586. The van der Waals surface area contributed by atoms with Gasteiger partial charge in [-0.05, 0) is 36.6 Å². The SMILES string of the molecule is CS(=O)(=O)OCCCc1cc(C(F)(F)F)cc(C(F)(F)F)c1. The van der Waals surface area contributed by atoms with Crippen LogP contribution in [0.15, 0.2) is 18.2 Å². The maximum Gasteiger partial charge on any atom is 0.416 e. The van der Waals surface area contributed by atoms with Crippen LogP contribution in [0.4, 0.5) is 26.3 Å². The third kappa shape index (κ3) is 6.22. The molecule has 0 radical (unpaired) electrons. The Balaban J connectivity index is 2.94. The van der Waals surface area contributed by atoms with Gasteiger partial charge in [0.15, 0.2) is 0 Å². The van der Waals surface area contributed by atoms with Crippen LogP contribution in [-0.4, -0.2) is 21.3 Å². The highest BCUT2D eigenvalue weighted by atomic mass is 32.2. The van der Waals surface area contributed by atoms with Gasteiger partial charge < -0.3 is 0 Å². The zero-order valence-corrected chi connectivity index (χ0v) is 12.1. The Hall–Kier alpha value is -1.29. The Labute approximate surface area is 123 Å². The molecular weight excluding hydrogens is 338 g/mol. The maximum absolute atomic E-state index is 12.6. The van der Waals surface area contributed by atoms with Gasteiger partial charge in [0, 0.05) is 0 Å². The molecule has 1 rings (SSSR count). The van der Waals surface area contributed by atoms with Crippen molar-refractivity contribution in [3.8, 4) is 0 Å². The molecule has 0 heterocycles. The summed E-state index contributed by atoms with van der Waals surface area (Å²) >= 11 is 0. The van der Waals surface area contributed by atoms with Crippen LogP contribution in [0.3, 0.4) is 0 Å². The van der Waals surface area contributed by atoms with Crippen molar-refractivity contribution < 1.29 is 38.9 Å². The zero-order chi connectivity index (χ0) is 17.2. The van der Waals surface area contributed by atoms with E-state index in [1.807, 2.05) is 0 Å². The molecule has 0 aliphatic carbocycles. The average Bonchev–Trinajstić information content (AvgIpc) is 2.31. The average molecular weight is 350 g/mol. The summed E-state index contributed by atoms with van der Waals surface area (Å²) in [5.41, 5.74) is -3.00. The number of aryl methyl sites for hydroxylation is 1. The molecule has 0 saturated carbocycles. The maximum atomic E-state index is 12.6. The first-order valence-electron chi connectivity index (χ1n) is 5.92. The Morgan fingerprint density at radius 2 is 1.41 bits per heavy atom. The predicted molar refractivity (Wildman–Crippen MR) is 65.6 cm³/mol. The smallest absolute Gasteiger partial charge is 0.270 e. The molecule has 0 atom stereocenters. The Kier molecular flexibility index (Phi) is 5.50. The molecule has 126 valence electrons. The highest BCUT2D eigenvalue weighted by Crippen LogP contribution is 2.36. The van der Waals surface area contributed by atoms with Crippen LogP contribution in [0, 0.1) is 0 Å². The van der Waals surface area contributed by atoms with E-state index in [4.69, 9.17) is 0 Å². The lowest BCUT2D eigenvalue weighted by Gasteiger charge is -2.14. The van der Waals surface area contributed by atoms with E-state index in [0.29, 0.717) is 12.1 Å². The lowest BCUT2D eigenvalue weighted by Crippen LogP contribution is -2.12. The monoisotopic (exact) mass is 350 g/mol. The molecule has 0 saturated heterocycles. The molecule has 10 heteroatoms. The number of rotatable bonds is 5. The Morgan fingerprint density at radius 1 is 0.955 bits per heavy atom. The first kappa shape index (κ1) is 18.8. The number of hydrogen-bond donors (Lipinski definition) is 0. The normalized spacial score (nSPS) is 13.4. The summed E-state index contributed by atoms with van der Waals surface area (Å²) in [6.07, 6.45) is -9.23. The van der Waals surface area contributed by atoms with Crippen molar-refractivity contribution in [1.82, 2.24) is 0 Å². The van der Waals surface area contributed by atoms with Crippen molar-refractivity contribution in [3.63, 3.8) is 0 Å². The van der Waals surface area contributed by atoms with E-state index in [1.165, 1.54) is 0 Å². The van der Waals surface area contributed by atoms with E-state index in [0.717, 1.165) is 6.26 Å². The van der Waals surface area contributed by atoms with Crippen LogP contribution >= 0.6 is 0 Å². The van der Waals surface area contributed by atoms with Gasteiger partial charge in [-0.3, -0.25) is 4.18 Å². The zero-order valence-electron chi connectivity index (χ0n) is 11.3. The second-order valence-corrected chi connectivity index (χ2v) is 6.19. The molecule has 0 aliphatic rings. The number of alkyl halides is 6. The van der Waals surface area contributed by atoms with Gasteiger partial charge in [0.05, 0.1) is 24.0 Å². The van der Waals surface area contributed by atoms with Crippen molar-refractivity contribution in [1.29, 1.82) is 0 Å². The first-order chi connectivity index (χ1) is 9.79. The minimum absolute atomic E-state index is 0.0360. The third-order valence-corrected chi connectivity index (χ3v) is 3.15. The fraction of sp³-hybridized carbons (Fsp3) is 0.500. The highest BCUT2D eigenvalue weighted by Gasteiger charge is 2.36. The quantitative estimate of drug-likeness (QED) is 0.463.